The van der Waals surface area contributed by atoms with E-state index in [-0.39, 0.29) is 5.56 Å². The molecule has 1 atom stereocenters. The van der Waals surface area contributed by atoms with Gasteiger partial charge in [-0.3, -0.25) is 0 Å². The van der Waals surface area contributed by atoms with Gasteiger partial charge in [0.1, 0.15) is 17.5 Å². The lowest BCUT2D eigenvalue weighted by atomic mass is 10.0. The number of hydrogen-bond donors (Lipinski definition) is 1. The average Bonchev–Trinajstić information content (AvgIpc) is 2.63. The van der Waals surface area contributed by atoms with Crippen molar-refractivity contribution in [3.8, 4) is 0 Å². The number of halogens is 3. The van der Waals surface area contributed by atoms with Crippen LogP contribution in [0.4, 0.5) is 13.2 Å². The van der Waals surface area contributed by atoms with Crippen LogP contribution in [0.3, 0.4) is 0 Å². The van der Waals surface area contributed by atoms with Crippen molar-refractivity contribution in [2.75, 3.05) is 7.05 Å². The molecule has 1 N–H and O–H groups in total. The molecular formula is C14H14F3NS. The maximum atomic E-state index is 13.8. The summed E-state index contributed by atoms with van der Waals surface area (Å²) in [4.78, 5) is 1.90. The van der Waals surface area contributed by atoms with Crippen LogP contribution in [-0.2, 0) is 0 Å². The van der Waals surface area contributed by atoms with Crippen molar-refractivity contribution in [1.29, 1.82) is 0 Å². The lowest BCUT2D eigenvalue weighted by molar-refractivity contribution is 0.502. The number of rotatable bonds is 3. The number of hydrogen-bond acceptors (Lipinski definition) is 2. The molecule has 2 aromatic rings. The third-order valence-electron chi connectivity index (χ3n) is 3.09. The lowest BCUT2D eigenvalue weighted by Crippen LogP contribution is -2.19. The van der Waals surface area contributed by atoms with E-state index in [2.05, 4.69) is 5.32 Å². The molecule has 1 nitrogen and oxygen atoms in total. The number of aryl methyl sites for hydroxylation is 2. The Morgan fingerprint density at radius 3 is 2.05 bits per heavy atom. The van der Waals surface area contributed by atoms with E-state index in [0.717, 1.165) is 15.3 Å². The van der Waals surface area contributed by atoms with Crippen molar-refractivity contribution in [1.82, 2.24) is 5.32 Å². The van der Waals surface area contributed by atoms with Crippen LogP contribution in [-0.4, -0.2) is 7.05 Å². The highest BCUT2D eigenvalue weighted by Gasteiger charge is 2.23. The first-order chi connectivity index (χ1) is 8.93. The predicted molar refractivity (Wildman–Crippen MR) is 71.0 cm³/mol. The molecular weight excluding hydrogens is 271 g/mol. The number of thiophene rings is 1. The Hall–Kier alpha value is -1.33. The summed E-state index contributed by atoms with van der Waals surface area (Å²) in [5.41, 5.74) is 0.924. The molecule has 0 aliphatic carbocycles. The summed E-state index contributed by atoms with van der Waals surface area (Å²) in [5.74, 6) is -2.66. The summed E-state index contributed by atoms with van der Waals surface area (Å²) in [7, 11) is 1.62. The normalized spacial score (nSPS) is 12.7. The van der Waals surface area contributed by atoms with Gasteiger partial charge in [-0.1, -0.05) is 0 Å². The Bertz CT molecular complexity index is 564. The lowest BCUT2D eigenvalue weighted by Gasteiger charge is -2.16. The molecule has 0 aliphatic rings. The zero-order chi connectivity index (χ0) is 14.2. The zero-order valence-electron chi connectivity index (χ0n) is 10.9. The van der Waals surface area contributed by atoms with Crippen LogP contribution in [0, 0.1) is 31.3 Å². The standard InChI is InChI=1S/C14H14F3NS/c1-7-4-12(19-8(7)2)14(18-3)13-10(16)5-9(15)6-11(13)17/h4-6,14,18H,1-3H3. The van der Waals surface area contributed by atoms with E-state index < -0.39 is 23.5 Å². The van der Waals surface area contributed by atoms with E-state index in [1.54, 1.807) is 7.05 Å². The van der Waals surface area contributed by atoms with Gasteiger partial charge in [-0.05, 0) is 32.5 Å². The van der Waals surface area contributed by atoms with Gasteiger partial charge in [0.15, 0.2) is 0 Å². The Labute approximate surface area is 114 Å². The molecule has 1 aromatic heterocycles. The minimum absolute atomic E-state index is 0.148. The third kappa shape index (κ3) is 2.67. The van der Waals surface area contributed by atoms with E-state index in [1.807, 2.05) is 19.9 Å². The summed E-state index contributed by atoms with van der Waals surface area (Å²) in [6, 6.07) is 2.69. The molecule has 19 heavy (non-hydrogen) atoms. The molecule has 0 bridgehead atoms. The maximum absolute atomic E-state index is 13.8. The van der Waals surface area contributed by atoms with E-state index in [4.69, 9.17) is 0 Å². The van der Waals surface area contributed by atoms with Crippen LogP contribution in [0.15, 0.2) is 18.2 Å². The molecule has 0 fully saturated rings. The molecule has 0 amide bonds. The first-order valence-corrected chi connectivity index (χ1v) is 6.64. The van der Waals surface area contributed by atoms with Crippen LogP contribution in [0.5, 0.6) is 0 Å². The van der Waals surface area contributed by atoms with Gasteiger partial charge in [-0.25, -0.2) is 13.2 Å². The first-order valence-electron chi connectivity index (χ1n) is 5.82. The van der Waals surface area contributed by atoms with Crippen molar-refractivity contribution < 1.29 is 13.2 Å². The van der Waals surface area contributed by atoms with Gasteiger partial charge in [-0.15, -0.1) is 11.3 Å². The Morgan fingerprint density at radius 1 is 1.05 bits per heavy atom. The average molecular weight is 285 g/mol. The SMILES string of the molecule is CNC(c1cc(C)c(C)s1)c1c(F)cc(F)cc1F. The molecule has 5 heteroatoms. The van der Waals surface area contributed by atoms with Crippen LogP contribution in [0.25, 0.3) is 0 Å². The summed E-state index contributed by atoms with van der Waals surface area (Å²) in [6.45, 7) is 3.90. The summed E-state index contributed by atoms with van der Waals surface area (Å²) < 4.78 is 40.6. The highest BCUT2D eigenvalue weighted by Crippen LogP contribution is 2.33. The van der Waals surface area contributed by atoms with Gasteiger partial charge < -0.3 is 5.32 Å². The van der Waals surface area contributed by atoms with Crippen LogP contribution in [0.2, 0.25) is 0 Å². The highest BCUT2D eigenvalue weighted by molar-refractivity contribution is 7.12. The number of benzene rings is 1. The summed E-state index contributed by atoms with van der Waals surface area (Å²) >= 11 is 1.47. The minimum atomic E-state index is -0.910. The number of nitrogens with one attached hydrogen (secondary N) is 1. The van der Waals surface area contributed by atoms with Crippen LogP contribution < -0.4 is 5.32 Å². The van der Waals surface area contributed by atoms with Gasteiger partial charge in [-0.2, -0.15) is 0 Å². The van der Waals surface area contributed by atoms with Crippen LogP contribution >= 0.6 is 11.3 Å². The molecule has 1 unspecified atom stereocenters. The van der Waals surface area contributed by atoms with E-state index in [0.29, 0.717) is 12.1 Å². The molecule has 2 rings (SSSR count). The Kier molecular flexibility index (Phi) is 3.96. The second-order valence-electron chi connectivity index (χ2n) is 4.39. The topological polar surface area (TPSA) is 12.0 Å². The predicted octanol–water partition coefficient (Wildman–Crippen LogP) is 4.09. The fraction of sp³-hybridized carbons (Fsp3) is 0.286. The van der Waals surface area contributed by atoms with Gasteiger partial charge in [0, 0.05) is 27.5 Å². The van der Waals surface area contributed by atoms with E-state index in [1.165, 1.54) is 11.3 Å². The van der Waals surface area contributed by atoms with E-state index >= 15 is 0 Å². The monoisotopic (exact) mass is 285 g/mol. The van der Waals surface area contributed by atoms with Gasteiger partial charge >= 0.3 is 0 Å². The van der Waals surface area contributed by atoms with Gasteiger partial charge in [0.2, 0.25) is 0 Å². The van der Waals surface area contributed by atoms with Crippen molar-refractivity contribution in [2.24, 2.45) is 0 Å². The molecule has 1 heterocycles. The maximum Gasteiger partial charge on any atom is 0.134 e. The highest BCUT2D eigenvalue weighted by atomic mass is 32.1. The molecule has 0 aliphatic heterocycles. The molecule has 0 radical (unpaired) electrons. The zero-order valence-corrected chi connectivity index (χ0v) is 11.7. The summed E-state index contributed by atoms with van der Waals surface area (Å²) in [5, 5.41) is 2.88. The Morgan fingerprint density at radius 2 is 1.63 bits per heavy atom. The van der Waals surface area contributed by atoms with Crippen molar-refractivity contribution in [2.45, 2.75) is 19.9 Å². The van der Waals surface area contributed by atoms with Crippen molar-refractivity contribution in [3.05, 3.63) is 56.5 Å². The molecule has 102 valence electrons. The molecule has 0 saturated carbocycles. The Balaban J connectivity index is 2.54. The fourth-order valence-corrected chi connectivity index (χ4v) is 3.16. The van der Waals surface area contributed by atoms with Crippen molar-refractivity contribution in [3.63, 3.8) is 0 Å². The van der Waals surface area contributed by atoms with Crippen LogP contribution in [0.1, 0.15) is 26.9 Å². The largest absolute Gasteiger partial charge is 0.308 e. The fourth-order valence-electron chi connectivity index (χ4n) is 2.00. The minimum Gasteiger partial charge on any atom is -0.308 e. The molecule has 1 aromatic carbocycles. The quantitative estimate of drug-likeness (QED) is 0.895. The van der Waals surface area contributed by atoms with Crippen molar-refractivity contribution >= 4 is 11.3 Å². The van der Waals surface area contributed by atoms with E-state index in [9.17, 15) is 13.2 Å². The molecule has 0 spiro atoms. The second kappa shape index (κ2) is 5.35. The smallest absolute Gasteiger partial charge is 0.134 e. The summed E-state index contributed by atoms with van der Waals surface area (Å²) in [6.07, 6.45) is 0. The first kappa shape index (κ1) is 14.1. The molecule has 0 saturated heterocycles. The second-order valence-corrected chi connectivity index (χ2v) is 5.68. The van der Waals surface area contributed by atoms with Gasteiger partial charge in [0.25, 0.3) is 0 Å². The third-order valence-corrected chi connectivity index (χ3v) is 4.31. The van der Waals surface area contributed by atoms with Gasteiger partial charge in [0.05, 0.1) is 6.04 Å².